The van der Waals surface area contributed by atoms with Gasteiger partial charge in [-0.2, -0.15) is 0 Å². The monoisotopic (exact) mass is 223 g/mol. The number of hydrogen-bond acceptors (Lipinski definition) is 1. The van der Waals surface area contributed by atoms with Gasteiger partial charge in [-0.1, -0.05) is 18.2 Å². The van der Waals surface area contributed by atoms with Crippen LogP contribution >= 0.6 is 0 Å². The Morgan fingerprint density at radius 1 is 1.27 bits per heavy atom. The molecule has 0 atom stereocenters. The van der Waals surface area contributed by atoms with Crippen molar-refractivity contribution in [3.05, 3.63) is 37.3 Å². The summed E-state index contributed by atoms with van der Waals surface area (Å²) in [6, 6.07) is 9.21. The average molecular weight is 223 g/mol. The van der Waals surface area contributed by atoms with Crippen LogP contribution < -0.4 is 5.32 Å². The third kappa shape index (κ3) is 4.17. The quantitative estimate of drug-likeness (QED) is 0.717. The number of carbonyl (C=O) groups excluding carboxylic acids is 1. The van der Waals surface area contributed by atoms with E-state index in [1.165, 1.54) is 0 Å². The van der Waals surface area contributed by atoms with Crippen molar-refractivity contribution in [1.29, 1.82) is 0 Å². The van der Waals surface area contributed by atoms with Gasteiger partial charge < -0.3 is 17.0 Å². The van der Waals surface area contributed by atoms with Gasteiger partial charge in [0.2, 0.25) is 0 Å². The molecule has 1 aromatic carbocycles. The maximum atomic E-state index is 10.4. The first-order valence-electron chi connectivity index (χ1n) is 2.97. The molecule has 0 heterocycles. The van der Waals surface area contributed by atoms with E-state index in [1.54, 1.807) is 0 Å². The molecule has 0 aliphatic carbocycles. The summed E-state index contributed by atoms with van der Waals surface area (Å²) < 4.78 is 0. The molecule has 1 rings (SSSR count). The minimum absolute atomic E-state index is 0. The molecular weight excluding hydrogens is 215 g/mol. The number of hydrogen-bond donors (Lipinski definition) is 1. The van der Waals surface area contributed by atoms with Crippen LogP contribution in [0.4, 0.5) is 5.69 Å². The van der Waals surface area contributed by atoms with E-state index in [-0.39, 0.29) is 38.6 Å². The van der Waals surface area contributed by atoms with Crippen LogP contribution in [-0.4, -0.2) is 5.91 Å². The number of carbonyl (C=O) groups is 1. The summed E-state index contributed by atoms with van der Waals surface area (Å²) in [7, 11) is 0. The van der Waals surface area contributed by atoms with Gasteiger partial charge in [-0.15, -0.1) is 0 Å². The molecule has 2 nitrogen and oxygen atoms in total. The van der Waals surface area contributed by atoms with Crippen LogP contribution in [0.3, 0.4) is 0 Å². The van der Waals surface area contributed by atoms with Crippen molar-refractivity contribution in [1.82, 2.24) is 0 Å². The zero-order valence-corrected chi connectivity index (χ0v) is 8.92. The van der Waals surface area contributed by atoms with E-state index < -0.39 is 0 Å². The van der Waals surface area contributed by atoms with Gasteiger partial charge in [0.1, 0.15) is 0 Å². The summed E-state index contributed by atoms with van der Waals surface area (Å²) in [5.74, 6) is -0.286. The molecule has 3 heteroatoms. The molecule has 55 valence electrons. The van der Waals surface area contributed by atoms with Gasteiger partial charge in [0.05, 0.1) is 5.91 Å². The molecule has 0 aliphatic rings. The Balaban J connectivity index is 0.000001000. The Labute approximate surface area is 91.3 Å². The molecule has 0 aliphatic heterocycles. The van der Waals surface area contributed by atoms with E-state index in [1.807, 2.05) is 30.3 Å². The van der Waals surface area contributed by atoms with Crippen LogP contribution in [0.2, 0.25) is 0 Å². The summed E-state index contributed by atoms with van der Waals surface area (Å²) in [6.45, 7) is 3.18. The molecule has 1 amide bonds. The molecule has 0 saturated heterocycles. The second-order valence-corrected chi connectivity index (χ2v) is 1.91. The topological polar surface area (TPSA) is 29.1 Å². The second kappa shape index (κ2) is 5.33. The van der Waals surface area contributed by atoms with Gasteiger partial charge in [-0.05, 0) is 12.1 Å². The Kier molecular flexibility index (Phi) is 5.17. The smallest absolute Gasteiger partial charge is 0.0841 e. The third-order valence-electron chi connectivity index (χ3n) is 1.06. The Bertz CT molecular complexity index is 223. The van der Waals surface area contributed by atoms with Crippen molar-refractivity contribution in [3.8, 4) is 0 Å². The molecule has 1 radical (unpaired) electrons. The van der Waals surface area contributed by atoms with Gasteiger partial charge in [0.25, 0.3) is 0 Å². The first-order valence-corrected chi connectivity index (χ1v) is 2.97. The Morgan fingerprint density at radius 3 is 2.27 bits per heavy atom. The molecule has 0 fully saturated rings. The number of benzene rings is 1. The van der Waals surface area contributed by atoms with E-state index in [0.717, 1.165) is 5.69 Å². The minimum atomic E-state index is -0.286. The summed E-state index contributed by atoms with van der Waals surface area (Å²) >= 11 is 0. The predicted molar refractivity (Wildman–Crippen MR) is 40.4 cm³/mol. The summed E-state index contributed by atoms with van der Waals surface area (Å²) in [6.07, 6.45) is 0. The first-order chi connectivity index (χ1) is 4.79. The normalized spacial score (nSPS) is 8.00. The van der Waals surface area contributed by atoms with E-state index >= 15 is 0 Å². The average Bonchev–Trinajstić information content (AvgIpc) is 1.88. The van der Waals surface area contributed by atoms with Gasteiger partial charge in [-0.25, -0.2) is 0 Å². The number of nitrogens with one attached hydrogen (secondary N) is 1. The molecular formula is C8H8NOY-. The minimum Gasteiger partial charge on any atom is -0.351 e. The van der Waals surface area contributed by atoms with Crippen LogP contribution in [0.15, 0.2) is 30.3 Å². The van der Waals surface area contributed by atoms with E-state index in [9.17, 15) is 4.79 Å². The molecule has 0 spiro atoms. The van der Waals surface area contributed by atoms with Crippen molar-refractivity contribution in [2.45, 2.75) is 0 Å². The van der Waals surface area contributed by atoms with Crippen LogP contribution in [0.1, 0.15) is 0 Å². The maximum absolute atomic E-state index is 10.4. The fourth-order valence-corrected chi connectivity index (χ4v) is 0.682. The first kappa shape index (κ1) is 10.7. The molecule has 0 saturated carbocycles. The third-order valence-corrected chi connectivity index (χ3v) is 1.06. The zero-order valence-electron chi connectivity index (χ0n) is 6.08. The summed E-state index contributed by atoms with van der Waals surface area (Å²) in [4.78, 5) is 10.4. The zero-order chi connectivity index (χ0) is 7.40. The van der Waals surface area contributed by atoms with Crippen LogP contribution in [-0.2, 0) is 37.5 Å². The van der Waals surface area contributed by atoms with Crippen molar-refractivity contribution >= 4 is 11.6 Å². The number of amides is 1. The van der Waals surface area contributed by atoms with Crippen LogP contribution in [0.5, 0.6) is 0 Å². The molecule has 1 N–H and O–H groups in total. The van der Waals surface area contributed by atoms with Gasteiger partial charge in [0, 0.05) is 38.4 Å². The maximum Gasteiger partial charge on any atom is 0.0841 e. The van der Waals surface area contributed by atoms with Crippen molar-refractivity contribution in [3.63, 3.8) is 0 Å². The Morgan fingerprint density at radius 2 is 1.82 bits per heavy atom. The van der Waals surface area contributed by atoms with Crippen molar-refractivity contribution in [2.24, 2.45) is 0 Å². The number of para-hydroxylation sites is 1. The molecule has 0 aromatic heterocycles. The fraction of sp³-hybridized carbons (Fsp3) is 0. The van der Waals surface area contributed by atoms with Gasteiger partial charge >= 0.3 is 0 Å². The summed E-state index contributed by atoms with van der Waals surface area (Å²) in [5.41, 5.74) is 0.780. The number of anilines is 1. The van der Waals surface area contributed by atoms with Crippen LogP contribution in [0.25, 0.3) is 0 Å². The molecule has 11 heavy (non-hydrogen) atoms. The molecule has 1 aromatic rings. The fourth-order valence-electron chi connectivity index (χ4n) is 0.682. The standard InChI is InChI=1S/C8H8NO.Y/c1-7(10)9-8-5-3-2-4-6-8;/h2-6H,1H2,(H,9,10);/q-1;. The number of rotatable bonds is 1. The molecule has 0 unspecified atom stereocenters. The van der Waals surface area contributed by atoms with E-state index in [4.69, 9.17) is 0 Å². The van der Waals surface area contributed by atoms with Crippen LogP contribution in [0, 0.1) is 6.92 Å². The summed E-state index contributed by atoms with van der Waals surface area (Å²) in [5, 5.41) is 2.55. The molecule has 0 bridgehead atoms. The van der Waals surface area contributed by atoms with E-state index in [2.05, 4.69) is 12.2 Å². The van der Waals surface area contributed by atoms with E-state index in [0.29, 0.717) is 0 Å². The second-order valence-electron chi connectivity index (χ2n) is 1.91. The largest absolute Gasteiger partial charge is 0.351 e. The van der Waals surface area contributed by atoms with Gasteiger partial charge in [0.15, 0.2) is 0 Å². The SMILES string of the molecule is [CH2-]C(=O)Nc1ccccc1.[Y]. The van der Waals surface area contributed by atoms with Crippen molar-refractivity contribution in [2.75, 3.05) is 5.32 Å². The van der Waals surface area contributed by atoms with Gasteiger partial charge in [-0.3, -0.25) is 0 Å². The predicted octanol–water partition coefficient (Wildman–Crippen LogP) is 1.46. The van der Waals surface area contributed by atoms with Crippen molar-refractivity contribution < 1.29 is 37.5 Å². The Hall–Kier alpha value is -0.336.